The van der Waals surface area contributed by atoms with Crippen molar-refractivity contribution in [2.75, 3.05) is 33.3 Å². The predicted molar refractivity (Wildman–Crippen MR) is 79.7 cm³/mol. The van der Waals surface area contributed by atoms with Crippen LogP contribution in [0.4, 0.5) is 0 Å². The molecule has 0 aromatic heterocycles. The van der Waals surface area contributed by atoms with E-state index in [-0.39, 0.29) is 18.1 Å². The molecule has 2 N–H and O–H groups in total. The van der Waals surface area contributed by atoms with Gasteiger partial charge in [-0.05, 0) is 26.8 Å². The molecule has 20 heavy (non-hydrogen) atoms. The highest BCUT2D eigenvalue weighted by Gasteiger charge is 2.28. The molecule has 2 atom stereocenters. The summed E-state index contributed by atoms with van der Waals surface area (Å²) in [5, 5.41) is 6.25. The van der Waals surface area contributed by atoms with Crippen LogP contribution in [0.1, 0.15) is 39.0 Å². The van der Waals surface area contributed by atoms with Crippen molar-refractivity contribution in [3.8, 4) is 0 Å². The summed E-state index contributed by atoms with van der Waals surface area (Å²) in [6, 6.07) is 0.499. The Morgan fingerprint density at radius 2 is 2.10 bits per heavy atom. The number of rotatable bonds is 5. The number of nitrogens with one attached hydrogen (secondary N) is 2. The molecule has 0 unspecified atom stereocenters. The van der Waals surface area contributed by atoms with E-state index in [1.807, 2.05) is 6.92 Å². The second kappa shape index (κ2) is 7.96. The summed E-state index contributed by atoms with van der Waals surface area (Å²) in [5.74, 6) is 0.0641. The molecule has 0 aromatic rings. The van der Waals surface area contributed by atoms with Crippen molar-refractivity contribution in [2.24, 2.45) is 0 Å². The number of amides is 1. The van der Waals surface area contributed by atoms with E-state index in [2.05, 4.69) is 22.6 Å². The highest BCUT2D eigenvalue weighted by molar-refractivity contribution is 5.82. The van der Waals surface area contributed by atoms with Crippen molar-refractivity contribution in [1.82, 2.24) is 15.5 Å². The van der Waals surface area contributed by atoms with Gasteiger partial charge < -0.3 is 20.3 Å². The number of carbonyl (C=O) groups is 1. The van der Waals surface area contributed by atoms with Gasteiger partial charge in [-0.3, -0.25) is 4.79 Å². The molecule has 0 bridgehead atoms. The van der Waals surface area contributed by atoms with Gasteiger partial charge in [0.25, 0.3) is 0 Å². The summed E-state index contributed by atoms with van der Waals surface area (Å²) in [4.78, 5) is 14.5. The fourth-order valence-corrected chi connectivity index (χ4v) is 3.20. The van der Waals surface area contributed by atoms with Crippen LogP contribution in [-0.4, -0.2) is 62.3 Å². The minimum absolute atomic E-state index is 0.0418. The Balaban J connectivity index is 1.65. The molecule has 2 rings (SSSR count). The van der Waals surface area contributed by atoms with Gasteiger partial charge in [0.15, 0.2) is 0 Å². The molecular formula is C15H29N3O2. The van der Waals surface area contributed by atoms with E-state index >= 15 is 0 Å². The van der Waals surface area contributed by atoms with Gasteiger partial charge in [0, 0.05) is 25.7 Å². The lowest BCUT2D eigenvalue weighted by Crippen LogP contribution is -2.56. The molecule has 116 valence electrons. The van der Waals surface area contributed by atoms with E-state index in [0.29, 0.717) is 12.6 Å². The number of nitrogens with zero attached hydrogens (tertiary/aromatic N) is 1. The maximum atomic E-state index is 12.1. The number of ether oxygens (including phenoxy) is 1. The lowest BCUT2D eigenvalue weighted by Gasteiger charge is -2.32. The summed E-state index contributed by atoms with van der Waals surface area (Å²) in [6.45, 7) is 5.04. The largest absolute Gasteiger partial charge is 0.375 e. The lowest BCUT2D eigenvalue weighted by atomic mass is 9.94. The van der Waals surface area contributed by atoms with E-state index < -0.39 is 0 Å². The molecule has 2 fully saturated rings. The number of morpholine rings is 1. The van der Waals surface area contributed by atoms with E-state index in [1.165, 1.54) is 32.1 Å². The fourth-order valence-electron chi connectivity index (χ4n) is 3.20. The van der Waals surface area contributed by atoms with Gasteiger partial charge in [-0.2, -0.15) is 0 Å². The zero-order chi connectivity index (χ0) is 14.4. The number of carbonyl (C=O) groups excluding carboxylic acids is 1. The maximum Gasteiger partial charge on any atom is 0.239 e. The van der Waals surface area contributed by atoms with Gasteiger partial charge in [0.05, 0.1) is 12.7 Å². The van der Waals surface area contributed by atoms with Gasteiger partial charge in [-0.15, -0.1) is 0 Å². The van der Waals surface area contributed by atoms with Crippen LogP contribution in [-0.2, 0) is 9.53 Å². The molecule has 1 amide bonds. The smallest absolute Gasteiger partial charge is 0.239 e. The van der Waals surface area contributed by atoms with Crippen molar-refractivity contribution in [3.05, 3.63) is 0 Å². The normalized spacial score (nSPS) is 28.6. The summed E-state index contributed by atoms with van der Waals surface area (Å²) in [5.41, 5.74) is 0. The van der Waals surface area contributed by atoms with Crippen LogP contribution in [0, 0.1) is 0 Å². The summed E-state index contributed by atoms with van der Waals surface area (Å²) < 4.78 is 5.50. The van der Waals surface area contributed by atoms with Crippen LogP contribution >= 0.6 is 0 Å². The third-order valence-corrected chi connectivity index (χ3v) is 4.56. The van der Waals surface area contributed by atoms with Crippen LogP contribution in [0.15, 0.2) is 0 Å². The van der Waals surface area contributed by atoms with Crippen molar-refractivity contribution in [1.29, 1.82) is 0 Å². The van der Waals surface area contributed by atoms with Crippen LogP contribution in [0.3, 0.4) is 0 Å². The van der Waals surface area contributed by atoms with E-state index in [1.54, 1.807) is 0 Å². The Bertz CT molecular complexity index is 305. The Morgan fingerprint density at radius 1 is 1.35 bits per heavy atom. The molecule has 1 aliphatic carbocycles. The Morgan fingerprint density at radius 3 is 2.80 bits per heavy atom. The molecule has 1 saturated heterocycles. The highest BCUT2D eigenvalue weighted by Crippen LogP contribution is 2.21. The minimum Gasteiger partial charge on any atom is -0.375 e. The van der Waals surface area contributed by atoms with Crippen LogP contribution in [0.5, 0.6) is 0 Å². The molecule has 0 spiro atoms. The summed E-state index contributed by atoms with van der Waals surface area (Å²) >= 11 is 0. The zero-order valence-electron chi connectivity index (χ0n) is 12.9. The standard InChI is InChI=1S/C15H29N3O2/c1-12-14(16-9-11-20-12)15(19)17-8-10-18(2)13-6-4-3-5-7-13/h12-14,16H,3-11H2,1-2H3,(H,17,19)/t12-,14+/m1/s1. The van der Waals surface area contributed by atoms with Crippen molar-refractivity contribution >= 4 is 5.91 Å². The molecule has 2 aliphatic rings. The monoisotopic (exact) mass is 283 g/mol. The van der Waals surface area contributed by atoms with Crippen molar-refractivity contribution in [3.63, 3.8) is 0 Å². The second-order valence-corrected chi connectivity index (χ2v) is 6.07. The number of likely N-dealkylation sites (N-methyl/N-ethyl adjacent to an activating group) is 1. The SMILES string of the molecule is C[C@H]1OCCN[C@@H]1C(=O)NCCN(C)C1CCCCC1. The average molecular weight is 283 g/mol. The Kier molecular flexibility index (Phi) is 6.26. The van der Waals surface area contributed by atoms with Gasteiger partial charge >= 0.3 is 0 Å². The first-order valence-electron chi connectivity index (χ1n) is 8.01. The number of hydrogen-bond donors (Lipinski definition) is 2. The van der Waals surface area contributed by atoms with E-state index in [4.69, 9.17) is 4.74 Å². The Labute approximate surface area is 122 Å². The first-order chi connectivity index (χ1) is 9.68. The van der Waals surface area contributed by atoms with Gasteiger partial charge in [-0.25, -0.2) is 0 Å². The molecule has 5 heteroatoms. The third-order valence-electron chi connectivity index (χ3n) is 4.56. The molecule has 1 aliphatic heterocycles. The average Bonchev–Trinajstić information content (AvgIpc) is 2.48. The molecular weight excluding hydrogens is 254 g/mol. The lowest BCUT2D eigenvalue weighted by molar-refractivity contribution is -0.129. The van der Waals surface area contributed by atoms with Crippen LogP contribution in [0.2, 0.25) is 0 Å². The van der Waals surface area contributed by atoms with E-state index in [0.717, 1.165) is 19.6 Å². The maximum absolute atomic E-state index is 12.1. The van der Waals surface area contributed by atoms with Crippen LogP contribution < -0.4 is 10.6 Å². The van der Waals surface area contributed by atoms with E-state index in [9.17, 15) is 4.79 Å². The Hall–Kier alpha value is -0.650. The topological polar surface area (TPSA) is 53.6 Å². The zero-order valence-corrected chi connectivity index (χ0v) is 12.9. The highest BCUT2D eigenvalue weighted by atomic mass is 16.5. The third kappa shape index (κ3) is 4.43. The molecule has 5 nitrogen and oxygen atoms in total. The van der Waals surface area contributed by atoms with Crippen molar-refractivity contribution < 1.29 is 9.53 Å². The minimum atomic E-state index is -0.205. The number of hydrogen-bond acceptors (Lipinski definition) is 4. The van der Waals surface area contributed by atoms with Crippen LogP contribution in [0.25, 0.3) is 0 Å². The molecule has 0 aromatic carbocycles. The summed E-state index contributed by atoms with van der Waals surface area (Å²) in [7, 11) is 2.17. The first kappa shape index (κ1) is 15.7. The quantitative estimate of drug-likeness (QED) is 0.781. The fraction of sp³-hybridized carbons (Fsp3) is 0.933. The summed E-state index contributed by atoms with van der Waals surface area (Å²) in [6.07, 6.45) is 6.65. The molecule has 0 radical (unpaired) electrons. The van der Waals surface area contributed by atoms with Gasteiger partial charge in [0.1, 0.15) is 6.04 Å². The van der Waals surface area contributed by atoms with Gasteiger partial charge in [0.2, 0.25) is 5.91 Å². The second-order valence-electron chi connectivity index (χ2n) is 6.07. The molecule has 1 saturated carbocycles. The predicted octanol–water partition coefficient (Wildman–Crippen LogP) is 0.744. The van der Waals surface area contributed by atoms with Gasteiger partial charge in [-0.1, -0.05) is 19.3 Å². The molecule has 1 heterocycles. The van der Waals surface area contributed by atoms with Crippen molar-refractivity contribution in [2.45, 2.75) is 57.2 Å². The first-order valence-corrected chi connectivity index (χ1v) is 8.01.